The Bertz CT molecular complexity index is 244. The van der Waals surface area contributed by atoms with E-state index in [4.69, 9.17) is 11.7 Å². The van der Waals surface area contributed by atoms with Crippen molar-refractivity contribution in [3.63, 3.8) is 0 Å². The molecule has 98 valence electrons. The number of hydrogen-bond donors (Lipinski definition) is 4. The second-order valence-electron chi connectivity index (χ2n) is 4.63. The van der Waals surface area contributed by atoms with Gasteiger partial charge in [0.05, 0.1) is 0 Å². The molecule has 17 heavy (non-hydrogen) atoms. The molecule has 0 saturated heterocycles. The number of carbonyl (C=O) groups is 2. The van der Waals surface area contributed by atoms with E-state index in [1.165, 1.54) is 0 Å². The number of hydrazine groups is 2. The Balaban J connectivity index is 2.58. The molecule has 6 N–H and O–H groups in total. The van der Waals surface area contributed by atoms with Crippen LogP contribution in [0, 0.1) is 11.8 Å². The molecule has 6 nitrogen and oxygen atoms in total. The summed E-state index contributed by atoms with van der Waals surface area (Å²) in [5.41, 5.74) is 4.39. The van der Waals surface area contributed by atoms with Gasteiger partial charge in [-0.25, -0.2) is 11.7 Å². The summed E-state index contributed by atoms with van der Waals surface area (Å²) >= 11 is 0. The van der Waals surface area contributed by atoms with E-state index in [-0.39, 0.29) is 23.7 Å². The molecule has 2 amide bonds. The van der Waals surface area contributed by atoms with Crippen LogP contribution in [0.1, 0.15) is 44.9 Å². The van der Waals surface area contributed by atoms with Gasteiger partial charge in [0.1, 0.15) is 0 Å². The average molecular weight is 242 g/mol. The summed E-state index contributed by atoms with van der Waals surface area (Å²) in [6.45, 7) is 0. The van der Waals surface area contributed by atoms with Gasteiger partial charge in [-0.15, -0.1) is 0 Å². The van der Waals surface area contributed by atoms with Crippen LogP contribution in [0.3, 0.4) is 0 Å². The Morgan fingerprint density at radius 3 is 1.53 bits per heavy atom. The molecule has 0 aromatic heterocycles. The minimum absolute atomic E-state index is 0.0776. The molecule has 0 heterocycles. The van der Waals surface area contributed by atoms with Crippen LogP contribution in [0.4, 0.5) is 0 Å². The van der Waals surface area contributed by atoms with Crippen LogP contribution in [0.25, 0.3) is 0 Å². The van der Waals surface area contributed by atoms with Crippen molar-refractivity contribution in [3.05, 3.63) is 0 Å². The van der Waals surface area contributed by atoms with Gasteiger partial charge in [0.15, 0.2) is 0 Å². The van der Waals surface area contributed by atoms with Crippen molar-refractivity contribution in [2.75, 3.05) is 0 Å². The Labute approximate surface area is 101 Å². The molecule has 1 fully saturated rings. The smallest absolute Gasteiger partial charge is 0.236 e. The van der Waals surface area contributed by atoms with Crippen LogP contribution >= 0.6 is 0 Å². The third-order valence-corrected chi connectivity index (χ3v) is 3.49. The predicted molar refractivity (Wildman–Crippen MR) is 64.0 cm³/mol. The Morgan fingerprint density at radius 1 is 0.765 bits per heavy atom. The fourth-order valence-electron chi connectivity index (χ4n) is 2.41. The van der Waals surface area contributed by atoms with Crippen LogP contribution in [0.5, 0.6) is 0 Å². The lowest BCUT2D eigenvalue weighted by Crippen LogP contribution is -2.38. The molecule has 1 rings (SSSR count). The maximum Gasteiger partial charge on any atom is 0.236 e. The van der Waals surface area contributed by atoms with Gasteiger partial charge in [-0.2, -0.15) is 0 Å². The van der Waals surface area contributed by atoms with Crippen LogP contribution in [0.15, 0.2) is 0 Å². The Morgan fingerprint density at radius 2 is 1.18 bits per heavy atom. The molecule has 0 bridgehead atoms. The average Bonchev–Trinajstić information content (AvgIpc) is 2.48. The lowest BCUT2D eigenvalue weighted by molar-refractivity contribution is -0.128. The van der Waals surface area contributed by atoms with Gasteiger partial charge in [0.2, 0.25) is 11.8 Å². The molecule has 0 spiro atoms. The minimum Gasteiger partial charge on any atom is -0.294 e. The third-order valence-electron chi connectivity index (χ3n) is 3.49. The molecule has 0 aromatic rings. The molecule has 0 radical (unpaired) electrons. The summed E-state index contributed by atoms with van der Waals surface area (Å²) in [5, 5.41) is 0. The first-order valence-corrected chi connectivity index (χ1v) is 6.20. The number of carbonyl (C=O) groups excluding carboxylic acids is 2. The summed E-state index contributed by atoms with van der Waals surface area (Å²) in [6.07, 6.45) is 6.15. The van der Waals surface area contributed by atoms with Crippen LogP contribution in [-0.2, 0) is 9.59 Å². The summed E-state index contributed by atoms with van der Waals surface area (Å²) < 4.78 is 0. The van der Waals surface area contributed by atoms with Gasteiger partial charge in [-0.1, -0.05) is 19.3 Å². The fraction of sp³-hybridized carbons (Fsp3) is 0.818. The SMILES string of the molecule is NNC(=O)C1CCCCCC(C(=O)NN)CC1. The second-order valence-corrected chi connectivity index (χ2v) is 4.63. The number of amides is 2. The third kappa shape index (κ3) is 4.32. The quantitative estimate of drug-likeness (QED) is 0.309. The molecule has 0 aromatic carbocycles. The van der Waals surface area contributed by atoms with Crippen molar-refractivity contribution in [2.45, 2.75) is 44.9 Å². The Kier molecular flexibility index (Phi) is 5.93. The van der Waals surface area contributed by atoms with Crippen molar-refractivity contribution in [1.29, 1.82) is 0 Å². The van der Waals surface area contributed by atoms with Crippen molar-refractivity contribution in [1.82, 2.24) is 10.9 Å². The van der Waals surface area contributed by atoms with Gasteiger partial charge in [0, 0.05) is 11.8 Å². The maximum absolute atomic E-state index is 11.5. The van der Waals surface area contributed by atoms with Crippen LogP contribution < -0.4 is 22.5 Å². The minimum atomic E-state index is -0.126. The molecule has 0 aliphatic heterocycles. The molecule has 2 atom stereocenters. The van der Waals surface area contributed by atoms with E-state index < -0.39 is 0 Å². The zero-order valence-electron chi connectivity index (χ0n) is 10.1. The molecule has 1 aliphatic carbocycles. The summed E-state index contributed by atoms with van der Waals surface area (Å²) in [4.78, 5) is 23.1. The maximum atomic E-state index is 11.5. The van der Waals surface area contributed by atoms with E-state index >= 15 is 0 Å². The highest BCUT2D eigenvalue weighted by atomic mass is 16.2. The van der Waals surface area contributed by atoms with Gasteiger partial charge >= 0.3 is 0 Å². The van der Waals surface area contributed by atoms with Crippen molar-refractivity contribution >= 4 is 11.8 Å². The lowest BCUT2D eigenvalue weighted by atomic mass is 9.91. The van der Waals surface area contributed by atoms with E-state index in [0.717, 1.165) is 32.1 Å². The van der Waals surface area contributed by atoms with Crippen molar-refractivity contribution < 1.29 is 9.59 Å². The first kappa shape index (κ1) is 13.9. The van der Waals surface area contributed by atoms with E-state index in [9.17, 15) is 9.59 Å². The van der Waals surface area contributed by atoms with E-state index in [1.807, 2.05) is 0 Å². The molecular weight excluding hydrogens is 220 g/mol. The number of rotatable bonds is 2. The van der Waals surface area contributed by atoms with E-state index in [2.05, 4.69) is 10.9 Å². The molecule has 1 saturated carbocycles. The van der Waals surface area contributed by atoms with Gasteiger partial charge < -0.3 is 0 Å². The monoisotopic (exact) mass is 242 g/mol. The number of nitrogens with one attached hydrogen (secondary N) is 2. The van der Waals surface area contributed by atoms with E-state index in [0.29, 0.717) is 12.8 Å². The summed E-state index contributed by atoms with van der Waals surface area (Å²) in [6, 6.07) is 0. The molecule has 1 aliphatic rings. The topological polar surface area (TPSA) is 110 Å². The van der Waals surface area contributed by atoms with Crippen molar-refractivity contribution in [2.24, 2.45) is 23.5 Å². The van der Waals surface area contributed by atoms with Crippen molar-refractivity contribution in [3.8, 4) is 0 Å². The standard InChI is InChI=1S/C11H22N4O2/c12-14-10(16)8-4-2-1-3-5-9(7-6-8)11(17)15-13/h8-9H,1-7,12-13H2,(H,14,16)(H,15,17). The Hall–Kier alpha value is -1.14. The summed E-state index contributed by atoms with van der Waals surface area (Å²) in [5.74, 6) is 9.90. The normalized spacial score (nSPS) is 26.2. The predicted octanol–water partition coefficient (Wildman–Crippen LogP) is -0.0571. The fourth-order valence-corrected chi connectivity index (χ4v) is 2.41. The zero-order chi connectivity index (χ0) is 12.7. The largest absolute Gasteiger partial charge is 0.294 e. The lowest BCUT2D eigenvalue weighted by Gasteiger charge is -2.17. The van der Waals surface area contributed by atoms with Gasteiger partial charge in [0.25, 0.3) is 0 Å². The number of nitrogens with two attached hydrogens (primary N) is 2. The number of hydrogen-bond acceptors (Lipinski definition) is 4. The summed E-state index contributed by atoms with van der Waals surface area (Å²) in [7, 11) is 0. The highest BCUT2D eigenvalue weighted by Crippen LogP contribution is 2.25. The van der Waals surface area contributed by atoms with Gasteiger partial charge in [-0.05, 0) is 25.7 Å². The zero-order valence-corrected chi connectivity index (χ0v) is 10.1. The van der Waals surface area contributed by atoms with Gasteiger partial charge in [-0.3, -0.25) is 20.4 Å². The highest BCUT2D eigenvalue weighted by Gasteiger charge is 2.24. The van der Waals surface area contributed by atoms with E-state index in [1.54, 1.807) is 0 Å². The van der Waals surface area contributed by atoms with Crippen LogP contribution in [-0.4, -0.2) is 11.8 Å². The molecule has 6 heteroatoms. The first-order chi connectivity index (χ1) is 8.19. The highest BCUT2D eigenvalue weighted by molar-refractivity contribution is 5.79. The molecule has 2 unspecified atom stereocenters. The van der Waals surface area contributed by atoms with Crippen LogP contribution in [0.2, 0.25) is 0 Å². The molecular formula is C11H22N4O2. The second kappa shape index (κ2) is 7.24. The first-order valence-electron chi connectivity index (χ1n) is 6.20.